The number of nitrogens with zero attached hydrogens (tertiary/aromatic N) is 1. The molecule has 1 aliphatic rings. The van der Waals surface area contributed by atoms with Crippen LogP contribution in [0.4, 0.5) is 0 Å². The number of amides is 1. The summed E-state index contributed by atoms with van der Waals surface area (Å²) in [5.41, 5.74) is 5.66. The van der Waals surface area contributed by atoms with E-state index in [0.29, 0.717) is 51.3 Å². The van der Waals surface area contributed by atoms with Crippen LogP contribution in [0.1, 0.15) is 37.0 Å². The number of rotatable bonds is 7. The SMILES string of the molecule is CCC(CC)(CN)NC(=O)c1cccc(S(=O)(=O)N2CCOCC2)c1.Cl. The van der Waals surface area contributed by atoms with Crippen LogP contribution in [-0.4, -0.2) is 57.0 Å². The van der Waals surface area contributed by atoms with E-state index >= 15 is 0 Å². The van der Waals surface area contributed by atoms with Crippen molar-refractivity contribution in [3.63, 3.8) is 0 Å². The van der Waals surface area contributed by atoms with E-state index in [-0.39, 0.29) is 23.2 Å². The Morgan fingerprint density at radius 3 is 2.42 bits per heavy atom. The highest BCUT2D eigenvalue weighted by molar-refractivity contribution is 7.89. The van der Waals surface area contributed by atoms with Gasteiger partial charge in [0, 0.05) is 25.2 Å². The van der Waals surface area contributed by atoms with Crippen molar-refractivity contribution in [3.05, 3.63) is 29.8 Å². The summed E-state index contributed by atoms with van der Waals surface area (Å²) in [5, 5.41) is 2.96. The molecule has 0 saturated carbocycles. The van der Waals surface area contributed by atoms with Crippen molar-refractivity contribution in [1.29, 1.82) is 0 Å². The zero-order chi connectivity index (χ0) is 18.5. The molecule has 148 valence electrons. The van der Waals surface area contributed by atoms with Crippen LogP contribution in [0.3, 0.4) is 0 Å². The molecule has 1 fully saturated rings. The Morgan fingerprint density at radius 1 is 1.27 bits per heavy atom. The molecule has 0 radical (unpaired) electrons. The van der Waals surface area contributed by atoms with Crippen molar-refractivity contribution >= 4 is 28.3 Å². The Kier molecular flexibility index (Phi) is 8.49. The summed E-state index contributed by atoms with van der Waals surface area (Å²) in [4.78, 5) is 12.7. The van der Waals surface area contributed by atoms with Gasteiger partial charge in [-0.3, -0.25) is 4.79 Å². The highest BCUT2D eigenvalue weighted by Gasteiger charge is 2.29. The van der Waals surface area contributed by atoms with Gasteiger partial charge in [-0.05, 0) is 31.0 Å². The third-order valence-corrected chi connectivity index (χ3v) is 6.72. The Labute approximate surface area is 161 Å². The quantitative estimate of drug-likeness (QED) is 0.713. The molecule has 2 rings (SSSR count). The number of ether oxygens (including phenoxy) is 1. The van der Waals surface area contributed by atoms with Gasteiger partial charge in [0.15, 0.2) is 0 Å². The van der Waals surface area contributed by atoms with Crippen molar-refractivity contribution in [2.75, 3.05) is 32.8 Å². The van der Waals surface area contributed by atoms with E-state index in [0.717, 1.165) is 0 Å². The number of morpholine rings is 1. The van der Waals surface area contributed by atoms with Crippen molar-refractivity contribution < 1.29 is 17.9 Å². The lowest BCUT2D eigenvalue weighted by Gasteiger charge is -2.31. The number of sulfonamides is 1. The molecule has 1 aliphatic heterocycles. The summed E-state index contributed by atoms with van der Waals surface area (Å²) in [6, 6.07) is 6.13. The average molecular weight is 406 g/mol. The summed E-state index contributed by atoms with van der Waals surface area (Å²) in [6.45, 7) is 5.67. The lowest BCUT2D eigenvalue weighted by molar-refractivity contribution is 0.0730. The van der Waals surface area contributed by atoms with Gasteiger partial charge < -0.3 is 15.8 Å². The number of hydrogen-bond donors (Lipinski definition) is 2. The van der Waals surface area contributed by atoms with Gasteiger partial charge in [-0.1, -0.05) is 19.9 Å². The van der Waals surface area contributed by atoms with Crippen LogP contribution in [-0.2, 0) is 14.8 Å². The fourth-order valence-electron chi connectivity index (χ4n) is 2.81. The van der Waals surface area contributed by atoms with Crippen molar-refractivity contribution in [2.24, 2.45) is 5.73 Å². The van der Waals surface area contributed by atoms with Gasteiger partial charge in [-0.25, -0.2) is 8.42 Å². The van der Waals surface area contributed by atoms with Crippen LogP contribution in [0.25, 0.3) is 0 Å². The van der Waals surface area contributed by atoms with Crippen LogP contribution in [0.5, 0.6) is 0 Å². The number of hydrogen-bond acceptors (Lipinski definition) is 5. The summed E-state index contributed by atoms with van der Waals surface area (Å²) >= 11 is 0. The van der Waals surface area contributed by atoms with E-state index in [1.54, 1.807) is 12.1 Å². The fraction of sp³-hybridized carbons (Fsp3) is 0.588. The number of carbonyl (C=O) groups is 1. The first-order chi connectivity index (χ1) is 11.9. The van der Waals surface area contributed by atoms with Crippen LogP contribution in [0, 0.1) is 0 Å². The van der Waals surface area contributed by atoms with E-state index in [1.165, 1.54) is 16.4 Å². The van der Waals surface area contributed by atoms with Gasteiger partial charge in [0.05, 0.1) is 23.6 Å². The second-order valence-electron chi connectivity index (χ2n) is 6.19. The van der Waals surface area contributed by atoms with Crippen LogP contribution < -0.4 is 11.1 Å². The maximum absolute atomic E-state index is 12.7. The molecule has 1 amide bonds. The first-order valence-corrected chi connectivity index (χ1v) is 10.0. The van der Waals surface area contributed by atoms with Crippen LogP contribution >= 0.6 is 12.4 Å². The van der Waals surface area contributed by atoms with Crippen molar-refractivity contribution in [2.45, 2.75) is 37.1 Å². The lowest BCUT2D eigenvalue weighted by atomic mass is 9.92. The predicted molar refractivity (Wildman–Crippen MR) is 103 cm³/mol. The molecule has 0 bridgehead atoms. The molecular formula is C17H28ClN3O4S. The number of halogens is 1. The largest absolute Gasteiger partial charge is 0.379 e. The highest BCUT2D eigenvalue weighted by Crippen LogP contribution is 2.20. The van der Waals surface area contributed by atoms with Gasteiger partial charge in [-0.2, -0.15) is 4.31 Å². The average Bonchev–Trinajstić information content (AvgIpc) is 2.67. The number of benzene rings is 1. The molecule has 7 nitrogen and oxygen atoms in total. The molecule has 1 aromatic rings. The molecule has 1 saturated heterocycles. The minimum absolute atomic E-state index is 0. The summed E-state index contributed by atoms with van der Waals surface area (Å²) in [6.07, 6.45) is 1.41. The normalized spacial score (nSPS) is 16.0. The highest BCUT2D eigenvalue weighted by atomic mass is 35.5. The maximum atomic E-state index is 12.7. The molecule has 9 heteroatoms. The number of nitrogens with two attached hydrogens (primary N) is 1. The molecule has 0 aromatic heterocycles. The molecule has 1 aromatic carbocycles. The van der Waals surface area contributed by atoms with Crippen molar-refractivity contribution in [1.82, 2.24) is 9.62 Å². The zero-order valence-electron chi connectivity index (χ0n) is 15.2. The van der Waals surface area contributed by atoms with Crippen LogP contribution in [0.15, 0.2) is 29.2 Å². The third-order valence-electron chi connectivity index (χ3n) is 4.83. The summed E-state index contributed by atoms with van der Waals surface area (Å²) in [5.74, 6) is -0.312. The number of carbonyl (C=O) groups excluding carboxylic acids is 1. The first-order valence-electron chi connectivity index (χ1n) is 8.59. The van der Waals surface area contributed by atoms with E-state index in [1.807, 2.05) is 13.8 Å². The molecule has 3 N–H and O–H groups in total. The van der Waals surface area contributed by atoms with Crippen molar-refractivity contribution in [3.8, 4) is 0 Å². The third kappa shape index (κ3) is 4.95. The molecule has 0 spiro atoms. The lowest BCUT2D eigenvalue weighted by Crippen LogP contribution is -2.52. The molecule has 26 heavy (non-hydrogen) atoms. The van der Waals surface area contributed by atoms with Gasteiger partial charge in [-0.15, -0.1) is 12.4 Å². The van der Waals surface area contributed by atoms with Gasteiger partial charge in [0.1, 0.15) is 0 Å². The van der Waals surface area contributed by atoms with E-state index in [9.17, 15) is 13.2 Å². The van der Waals surface area contributed by atoms with E-state index in [2.05, 4.69) is 5.32 Å². The maximum Gasteiger partial charge on any atom is 0.251 e. The molecule has 1 heterocycles. The molecular weight excluding hydrogens is 378 g/mol. The number of nitrogens with one attached hydrogen (secondary N) is 1. The Hall–Kier alpha value is -1.19. The fourth-order valence-corrected chi connectivity index (χ4v) is 4.27. The second kappa shape index (κ2) is 9.66. The monoisotopic (exact) mass is 405 g/mol. The van der Waals surface area contributed by atoms with Gasteiger partial charge in [0.2, 0.25) is 10.0 Å². The minimum atomic E-state index is -3.63. The smallest absolute Gasteiger partial charge is 0.251 e. The Morgan fingerprint density at radius 2 is 1.88 bits per heavy atom. The minimum Gasteiger partial charge on any atom is -0.379 e. The van der Waals surface area contributed by atoms with Gasteiger partial charge >= 0.3 is 0 Å². The Bertz CT molecular complexity index is 693. The molecule has 0 unspecified atom stereocenters. The van der Waals surface area contributed by atoms with E-state index < -0.39 is 15.6 Å². The summed E-state index contributed by atoms with van der Waals surface area (Å²) < 4.78 is 32.1. The van der Waals surface area contributed by atoms with Crippen LogP contribution in [0.2, 0.25) is 0 Å². The zero-order valence-corrected chi connectivity index (χ0v) is 16.9. The van der Waals surface area contributed by atoms with Gasteiger partial charge in [0.25, 0.3) is 5.91 Å². The predicted octanol–water partition coefficient (Wildman–Crippen LogP) is 1.38. The molecule has 0 atom stereocenters. The topological polar surface area (TPSA) is 102 Å². The standard InChI is InChI=1S/C17H27N3O4S.ClH/c1-3-17(4-2,13-18)19-16(21)14-6-5-7-15(12-14)25(22,23)20-8-10-24-11-9-20;/h5-7,12H,3-4,8-11,13,18H2,1-2H3,(H,19,21);1H. The van der Waals surface area contributed by atoms with E-state index in [4.69, 9.17) is 10.5 Å². The first kappa shape index (κ1) is 22.9. The molecule has 0 aliphatic carbocycles. The Balaban J connectivity index is 0.00000338. The summed E-state index contributed by atoms with van der Waals surface area (Å²) in [7, 11) is -3.63. The second-order valence-corrected chi connectivity index (χ2v) is 8.13.